The highest BCUT2D eigenvalue weighted by molar-refractivity contribution is 7.92. The summed E-state index contributed by atoms with van der Waals surface area (Å²) in [6.07, 6.45) is 11.4. The molecule has 4 aromatic rings. The van der Waals surface area contributed by atoms with Crippen LogP contribution in [0.3, 0.4) is 0 Å². The largest absolute Gasteiger partial charge is 0.486 e. The number of sulfonamides is 1. The number of rotatable bonds is 12. The van der Waals surface area contributed by atoms with Crippen molar-refractivity contribution in [3.63, 3.8) is 0 Å². The second-order valence-electron chi connectivity index (χ2n) is 14.0. The van der Waals surface area contributed by atoms with Crippen LogP contribution in [0.1, 0.15) is 50.6 Å². The molecule has 3 aliphatic rings. The molecule has 2 unspecified atom stereocenters. The van der Waals surface area contributed by atoms with Crippen LogP contribution in [0.2, 0.25) is 0 Å². The Morgan fingerprint density at radius 3 is 2.38 bits per heavy atom. The van der Waals surface area contributed by atoms with Crippen LogP contribution in [0.25, 0.3) is 10.9 Å². The fourth-order valence-electron chi connectivity index (χ4n) is 7.33. The lowest BCUT2D eigenvalue weighted by atomic mass is 9.93. The number of aromatic nitrogens is 6. The average Bonchev–Trinajstić information content (AvgIpc) is 3.74. The standard InChI is InChI=1S/C34H45N11O7S/c1-22(29-20-38-42(3)33(29)45(46)47)44(53(4,48)49)24-15-28-30(35-17-24)16-31(43-11-13-50-14-12-43)40-32(28)52-25-7-5-23(6-8-25)39-34-36-18-27(19-37-34)51-26-9-10-41(2)21-26/h15-20,22-23,25-26H,5-14,21H2,1-4H3,(H,36,37,39). The number of nitrogens with zero attached hydrogens (tertiary/aromatic N) is 10. The first kappa shape index (κ1) is 36.5. The van der Waals surface area contributed by atoms with Crippen LogP contribution in [0, 0.1) is 10.1 Å². The van der Waals surface area contributed by atoms with Crippen LogP contribution < -0.4 is 24.0 Å². The first-order chi connectivity index (χ1) is 25.4. The van der Waals surface area contributed by atoms with Gasteiger partial charge in [0.1, 0.15) is 25.1 Å². The van der Waals surface area contributed by atoms with Crippen LogP contribution in [0.5, 0.6) is 11.6 Å². The summed E-state index contributed by atoms with van der Waals surface area (Å²) >= 11 is 0. The van der Waals surface area contributed by atoms with E-state index in [1.807, 2.05) is 6.07 Å². The van der Waals surface area contributed by atoms with E-state index in [9.17, 15) is 18.5 Å². The number of anilines is 3. The van der Waals surface area contributed by atoms with Crippen molar-refractivity contribution in [1.29, 1.82) is 0 Å². The normalized spacial score (nSPS) is 21.7. The first-order valence-electron chi connectivity index (χ1n) is 17.8. The maximum absolute atomic E-state index is 13.3. The number of morpholine rings is 1. The molecule has 18 nitrogen and oxygen atoms in total. The Balaban J connectivity index is 1.11. The van der Waals surface area contributed by atoms with Gasteiger partial charge in [-0.15, -0.1) is 4.68 Å². The molecule has 6 heterocycles. The van der Waals surface area contributed by atoms with E-state index in [0.29, 0.717) is 60.6 Å². The van der Waals surface area contributed by atoms with E-state index in [1.54, 1.807) is 25.4 Å². The van der Waals surface area contributed by atoms with Gasteiger partial charge in [-0.05, 0) is 57.1 Å². The molecule has 1 saturated carbocycles. The number of hydrogen-bond acceptors (Lipinski definition) is 15. The van der Waals surface area contributed by atoms with Crippen molar-refractivity contribution in [2.75, 3.05) is 67.2 Å². The molecule has 2 atom stereocenters. The third-order valence-corrected chi connectivity index (χ3v) is 11.3. The van der Waals surface area contributed by atoms with Crippen molar-refractivity contribution in [2.24, 2.45) is 7.05 Å². The lowest BCUT2D eigenvalue weighted by Crippen LogP contribution is -2.37. The predicted molar refractivity (Wildman–Crippen MR) is 197 cm³/mol. The summed E-state index contributed by atoms with van der Waals surface area (Å²) < 4.78 is 47.1. The first-order valence-corrected chi connectivity index (χ1v) is 19.7. The monoisotopic (exact) mass is 751 g/mol. The fraction of sp³-hybridized carbons (Fsp3) is 0.559. The average molecular weight is 752 g/mol. The molecule has 284 valence electrons. The molecule has 1 aliphatic carbocycles. The van der Waals surface area contributed by atoms with Gasteiger partial charge in [-0.3, -0.25) is 9.29 Å². The van der Waals surface area contributed by atoms with E-state index in [2.05, 4.69) is 42.2 Å². The lowest BCUT2D eigenvalue weighted by Gasteiger charge is -2.31. The van der Waals surface area contributed by atoms with Crippen LogP contribution in [0.15, 0.2) is 36.9 Å². The minimum atomic E-state index is -3.95. The van der Waals surface area contributed by atoms with Gasteiger partial charge in [-0.2, -0.15) is 4.98 Å². The molecule has 0 bridgehead atoms. The fourth-order valence-corrected chi connectivity index (χ4v) is 8.50. The summed E-state index contributed by atoms with van der Waals surface area (Å²) in [5, 5.41) is 19.9. The Morgan fingerprint density at radius 2 is 1.72 bits per heavy atom. The second kappa shape index (κ2) is 15.2. The number of fused-ring (bicyclic) bond motifs is 1. The van der Waals surface area contributed by atoms with Crippen LogP contribution >= 0.6 is 0 Å². The molecule has 53 heavy (non-hydrogen) atoms. The van der Waals surface area contributed by atoms with Gasteiger partial charge in [0.15, 0.2) is 5.75 Å². The summed E-state index contributed by atoms with van der Waals surface area (Å²) in [6, 6.07) is 2.73. The maximum Gasteiger partial charge on any atom is 0.349 e. The Morgan fingerprint density at radius 1 is 0.981 bits per heavy atom. The van der Waals surface area contributed by atoms with Gasteiger partial charge in [-0.25, -0.2) is 18.4 Å². The van der Waals surface area contributed by atoms with Gasteiger partial charge in [0.2, 0.25) is 21.9 Å². The van der Waals surface area contributed by atoms with Gasteiger partial charge in [0.25, 0.3) is 0 Å². The molecular formula is C34H45N11O7S. The Kier molecular flexibility index (Phi) is 10.5. The minimum Gasteiger partial charge on any atom is -0.486 e. The maximum atomic E-state index is 13.3. The van der Waals surface area contributed by atoms with Crippen molar-refractivity contribution in [3.8, 4) is 11.6 Å². The van der Waals surface area contributed by atoms with E-state index >= 15 is 0 Å². The number of aryl methyl sites for hydroxylation is 1. The Labute approximate surface area is 307 Å². The summed E-state index contributed by atoms with van der Waals surface area (Å²) in [7, 11) is -0.423. The molecule has 0 radical (unpaired) electrons. The summed E-state index contributed by atoms with van der Waals surface area (Å²) in [5.74, 6) is 1.95. The molecule has 1 N–H and O–H groups in total. The molecule has 3 fully saturated rings. The SMILES string of the molecule is CC(c1cnn(C)c1[N+](=O)[O-])N(c1cnc2cc(N3CCOCC3)nc(OC3CCC(Nc4ncc(OC5CCN(C)C5)cn4)CC3)c2c1)S(C)(=O)=O. The van der Waals surface area contributed by atoms with Crippen LogP contribution in [0.4, 0.5) is 23.3 Å². The Hall–Kier alpha value is -4.88. The molecule has 0 aromatic carbocycles. The molecule has 2 saturated heterocycles. The molecular weight excluding hydrogens is 707 g/mol. The van der Waals surface area contributed by atoms with E-state index < -0.39 is 21.0 Å². The number of likely N-dealkylation sites (N-methyl/N-ethyl adjacent to an activating group) is 1. The highest BCUT2D eigenvalue weighted by Crippen LogP contribution is 2.38. The lowest BCUT2D eigenvalue weighted by molar-refractivity contribution is -0.393. The summed E-state index contributed by atoms with van der Waals surface area (Å²) in [5.41, 5.74) is 0.947. The van der Waals surface area contributed by atoms with Crippen LogP contribution in [-0.4, -0.2) is 119 Å². The molecule has 2 aliphatic heterocycles. The van der Waals surface area contributed by atoms with E-state index in [4.69, 9.17) is 19.2 Å². The van der Waals surface area contributed by atoms with Crippen molar-refractivity contribution in [3.05, 3.63) is 52.6 Å². The number of ether oxygens (including phenoxy) is 3. The number of hydrogen-bond donors (Lipinski definition) is 1. The summed E-state index contributed by atoms with van der Waals surface area (Å²) in [6.45, 7) is 5.94. The molecule has 19 heteroatoms. The topological polar surface area (TPSA) is 196 Å². The van der Waals surface area contributed by atoms with Crippen molar-refractivity contribution < 1.29 is 27.6 Å². The third kappa shape index (κ3) is 8.21. The zero-order valence-electron chi connectivity index (χ0n) is 30.3. The van der Waals surface area contributed by atoms with Gasteiger partial charge in [-0.1, -0.05) is 5.10 Å². The van der Waals surface area contributed by atoms with Gasteiger partial charge < -0.3 is 39.4 Å². The van der Waals surface area contributed by atoms with E-state index in [-0.39, 0.29) is 35.3 Å². The number of nitrogens with one attached hydrogen (secondary N) is 1. The minimum absolute atomic E-state index is 0.150. The molecule has 4 aromatic heterocycles. The smallest absolute Gasteiger partial charge is 0.349 e. The second-order valence-corrected chi connectivity index (χ2v) is 15.8. The molecule has 7 rings (SSSR count). The highest BCUT2D eigenvalue weighted by atomic mass is 32.2. The number of pyridine rings is 2. The van der Waals surface area contributed by atoms with Gasteiger partial charge in [0.05, 0.1) is 72.5 Å². The van der Waals surface area contributed by atoms with E-state index in [0.717, 1.165) is 60.4 Å². The van der Waals surface area contributed by atoms with Crippen molar-refractivity contribution >= 4 is 44.2 Å². The van der Waals surface area contributed by atoms with Gasteiger partial charge in [0, 0.05) is 38.3 Å². The number of likely N-dealkylation sites (tertiary alicyclic amines) is 1. The van der Waals surface area contributed by atoms with Gasteiger partial charge >= 0.3 is 5.82 Å². The summed E-state index contributed by atoms with van der Waals surface area (Å²) in [4.78, 5) is 34.3. The van der Waals surface area contributed by atoms with Crippen molar-refractivity contribution in [1.82, 2.24) is 34.6 Å². The predicted octanol–water partition coefficient (Wildman–Crippen LogP) is 3.31. The number of nitro groups is 1. The molecule has 0 amide bonds. The van der Waals surface area contributed by atoms with E-state index in [1.165, 1.54) is 19.4 Å². The molecule has 0 spiro atoms. The van der Waals surface area contributed by atoms with Crippen molar-refractivity contribution in [2.45, 2.75) is 63.3 Å². The highest BCUT2D eigenvalue weighted by Gasteiger charge is 2.34. The third-order valence-electron chi connectivity index (χ3n) is 10.0. The Bertz CT molecular complexity index is 2030. The zero-order valence-corrected chi connectivity index (χ0v) is 31.1. The zero-order chi connectivity index (χ0) is 37.3. The quantitative estimate of drug-likeness (QED) is 0.163. The van der Waals surface area contributed by atoms with Crippen LogP contribution in [-0.2, 0) is 21.8 Å².